The maximum absolute atomic E-state index is 11.4. The van der Waals surface area contributed by atoms with Crippen molar-refractivity contribution in [3.8, 4) is 0 Å². The van der Waals surface area contributed by atoms with E-state index in [-0.39, 0.29) is 5.97 Å². The molecule has 0 atom stereocenters. The first kappa shape index (κ1) is 9.19. The third kappa shape index (κ3) is 2.10. The predicted molar refractivity (Wildman–Crippen MR) is 51.9 cm³/mol. The SMILES string of the molecule is O=C(OCC1CCC1)c1ccccn1. The quantitative estimate of drug-likeness (QED) is 0.686. The van der Waals surface area contributed by atoms with E-state index in [0.717, 1.165) is 0 Å². The number of rotatable bonds is 3. The van der Waals surface area contributed by atoms with Crippen LogP contribution in [0.4, 0.5) is 0 Å². The predicted octanol–water partition coefficient (Wildman–Crippen LogP) is 2.04. The van der Waals surface area contributed by atoms with Crippen LogP contribution in [0.3, 0.4) is 0 Å². The molecule has 0 spiro atoms. The second kappa shape index (κ2) is 4.22. The molecule has 0 bridgehead atoms. The topological polar surface area (TPSA) is 39.2 Å². The van der Waals surface area contributed by atoms with Gasteiger partial charge in [0.15, 0.2) is 0 Å². The molecule has 0 aromatic carbocycles. The van der Waals surface area contributed by atoms with Crippen molar-refractivity contribution in [2.45, 2.75) is 19.3 Å². The Balaban J connectivity index is 1.83. The highest BCUT2D eigenvalue weighted by Gasteiger charge is 2.19. The minimum absolute atomic E-state index is 0.308. The van der Waals surface area contributed by atoms with Gasteiger partial charge >= 0.3 is 5.97 Å². The van der Waals surface area contributed by atoms with Crippen LogP contribution < -0.4 is 0 Å². The number of ether oxygens (including phenoxy) is 1. The summed E-state index contributed by atoms with van der Waals surface area (Å²) in [6.45, 7) is 0.551. The minimum Gasteiger partial charge on any atom is -0.461 e. The van der Waals surface area contributed by atoms with Crippen LogP contribution in [-0.4, -0.2) is 17.6 Å². The lowest BCUT2D eigenvalue weighted by molar-refractivity contribution is 0.0365. The molecule has 1 aliphatic carbocycles. The normalized spacial score (nSPS) is 16.0. The molecule has 0 aliphatic heterocycles. The van der Waals surface area contributed by atoms with Crippen molar-refractivity contribution in [1.29, 1.82) is 0 Å². The fraction of sp³-hybridized carbons (Fsp3) is 0.455. The molecule has 74 valence electrons. The Bertz CT molecular complexity index is 306. The molecular weight excluding hydrogens is 178 g/mol. The van der Waals surface area contributed by atoms with Crippen molar-refractivity contribution in [1.82, 2.24) is 4.98 Å². The number of carbonyl (C=O) groups excluding carboxylic acids is 1. The lowest BCUT2D eigenvalue weighted by Crippen LogP contribution is -2.20. The van der Waals surface area contributed by atoms with E-state index in [2.05, 4.69) is 4.98 Å². The van der Waals surface area contributed by atoms with Gasteiger partial charge in [-0.3, -0.25) is 0 Å². The van der Waals surface area contributed by atoms with Gasteiger partial charge in [0.25, 0.3) is 0 Å². The molecule has 0 N–H and O–H groups in total. The Labute approximate surface area is 83.1 Å². The molecule has 3 heteroatoms. The Morgan fingerprint density at radius 2 is 2.36 bits per heavy atom. The number of carbonyl (C=O) groups is 1. The van der Waals surface area contributed by atoms with Gasteiger partial charge in [-0.1, -0.05) is 12.5 Å². The third-order valence-electron chi connectivity index (χ3n) is 2.55. The van der Waals surface area contributed by atoms with Crippen LogP contribution in [0.5, 0.6) is 0 Å². The zero-order chi connectivity index (χ0) is 9.80. The minimum atomic E-state index is -0.308. The number of pyridine rings is 1. The zero-order valence-corrected chi connectivity index (χ0v) is 7.98. The summed E-state index contributed by atoms with van der Waals surface area (Å²) in [6.07, 6.45) is 5.25. The van der Waals surface area contributed by atoms with Crippen molar-refractivity contribution in [3.05, 3.63) is 30.1 Å². The van der Waals surface area contributed by atoms with Gasteiger partial charge in [-0.05, 0) is 30.9 Å². The van der Waals surface area contributed by atoms with E-state index in [1.54, 1.807) is 24.4 Å². The highest BCUT2D eigenvalue weighted by atomic mass is 16.5. The lowest BCUT2D eigenvalue weighted by atomic mass is 9.86. The summed E-state index contributed by atoms with van der Waals surface area (Å²) >= 11 is 0. The van der Waals surface area contributed by atoms with E-state index >= 15 is 0 Å². The summed E-state index contributed by atoms with van der Waals surface area (Å²) in [5.41, 5.74) is 0.395. The van der Waals surface area contributed by atoms with Gasteiger partial charge in [-0.25, -0.2) is 9.78 Å². The van der Waals surface area contributed by atoms with Crippen molar-refractivity contribution in [2.24, 2.45) is 5.92 Å². The summed E-state index contributed by atoms with van der Waals surface area (Å²) in [5.74, 6) is 0.278. The molecule has 1 heterocycles. The fourth-order valence-corrected chi connectivity index (χ4v) is 1.41. The Hall–Kier alpha value is -1.38. The molecule has 1 saturated carbocycles. The van der Waals surface area contributed by atoms with Gasteiger partial charge in [0.05, 0.1) is 6.61 Å². The van der Waals surface area contributed by atoms with Gasteiger partial charge in [0.1, 0.15) is 5.69 Å². The average Bonchev–Trinajstić information content (AvgIpc) is 2.16. The monoisotopic (exact) mass is 191 g/mol. The van der Waals surface area contributed by atoms with E-state index in [0.29, 0.717) is 18.2 Å². The van der Waals surface area contributed by atoms with E-state index in [4.69, 9.17) is 4.74 Å². The zero-order valence-electron chi connectivity index (χ0n) is 7.98. The summed E-state index contributed by atoms with van der Waals surface area (Å²) in [7, 11) is 0. The maximum atomic E-state index is 11.4. The van der Waals surface area contributed by atoms with Crippen molar-refractivity contribution in [3.63, 3.8) is 0 Å². The van der Waals surface area contributed by atoms with E-state index in [1.165, 1.54) is 19.3 Å². The molecule has 0 saturated heterocycles. The molecular formula is C11H13NO2. The molecule has 14 heavy (non-hydrogen) atoms. The Kier molecular flexibility index (Phi) is 2.77. The molecule has 0 amide bonds. The van der Waals surface area contributed by atoms with Crippen LogP contribution in [0.25, 0.3) is 0 Å². The molecule has 0 radical (unpaired) electrons. The summed E-state index contributed by atoms with van der Waals surface area (Å²) in [5, 5.41) is 0. The van der Waals surface area contributed by atoms with Crippen LogP contribution in [0.2, 0.25) is 0 Å². The standard InChI is InChI=1S/C11H13NO2/c13-11(10-6-1-2-7-12-10)14-8-9-4-3-5-9/h1-2,6-7,9H,3-5,8H2. The lowest BCUT2D eigenvalue weighted by Gasteiger charge is -2.24. The molecule has 0 unspecified atom stereocenters. The molecule has 1 fully saturated rings. The second-order valence-corrected chi connectivity index (χ2v) is 3.61. The highest BCUT2D eigenvalue weighted by Crippen LogP contribution is 2.26. The largest absolute Gasteiger partial charge is 0.461 e. The Morgan fingerprint density at radius 3 is 2.93 bits per heavy atom. The third-order valence-corrected chi connectivity index (χ3v) is 2.55. The first-order chi connectivity index (χ1) is 6.86. The first-order valence-corrected chi connectivity index (χ1v) is 4.94. The summed E-state index contributed by atoms with van der Waals surface area (Å²) in [4.78, 5) is 15.3. The number of hydrogen-bond acceptors (Lipinski definition) is 3. The van der Waals surface area contributed by atoms with Gasteiger partial charge in [-0.2, -0.15) is 0 Å². The van der Waals surface area contributed by atoms with Crippen molar-refractivity contribution < 1.29 is 9.53 Å². The summed E-state index contributed by atoms with van der Waals surface area (Å²) < 4.78 is 5.13. The molecule has 2 rings (SSSR count). The number of esters is 1. The van der Waals surface area contributed by atoms with Crippen LogP contribution in [0.15, 0.2) is 24.4 Å². The molecule has 3 nitrogen and oxygen atoms in total. The smallest absolute Gasteiger partial charge is 0.356 e. The van der Waals surface area contributed by atoms with Crippen LogP contribution in [0, 0.1) is 5.92 Å². The molecule has 1 aliphatic rings. The molecule has 1 aromatic heterocycles. The van der Waals surface area contributed by atoms with Gasteiger partial charge in [0.2, 0.25) is 0 Å². The van der Waals surface area contributed by atoms with E-state index in [1.807, 2.05) is 0 Å². The highest BCUT2D eigenvalue weighted by molar-refractivity contribution is 5.87. The number of hydrogen-bond donors (Lipinski definition) is 0. The summed E-state index contributed by atoms with van der Waals surface area (Å²) in [6, 6.07) is 5.23. The Morgan fingerprint density at radius 1 is 1.50 bits per heavy atom. The van der Waals surface area contributed by atoms with Gasteiger partial charge in [-0.15, -0.1) is 0 Å². The van der Waals surface area contributed by atoms with Crippen molar-refractivity contribution >= 4 is 5.97 Å². The van der Waals surface area contributed by atoms with Crippen molar-refractivity contribution in [2.75, 3.05) is 6.61 Å². The maximum Gasteiger partial charge on any atom is 0.356 e. The van der Waals surface area contributed by atoms with Gasteiger partial charge < -0.3 is 4.74 Å². The van der Waals surface area contributed by atoms with E-state index in [9.17, 15) is 4.79 Å². The van der Waals surface area contributed by atoms with Crippen LogP contribution >= 0.6 is 0 Å². The second-order valence-electron chi connectivity index (χ2n) is 3.61. The first-order valence-electron chi connectivity index (χ1n) is 4.94. The van der Waals surface area contributed by atoms with E-state index < -0.39 is 0 Å². The average molecular weight is 191 g/mol. The fourth-order valence-electron chi connectivity index (χ4n) is 1.41. The van der Waals surface area contributed by atoms with Crippen LogP contribution in [-0.2, 0) is 4.74 Å². The number of aromatic nitrogens is 1. The van der Waals surface area contributed by atoms with Crippen LogP contribution in [0.1, 0.15) is 29.8 Å². The van der Waals surface area contributed by atoms with Gasteiger partial charge in [0, 0.05) is 6.20 Å². The molecule has 1 aromatic rings. The number of nitrogens with zero attached hydrogens (tertiary/aromatic N) is 1.